The lowest BCUT2D eigenvalue weighted by atomic mass is 10.1. The minimum atomic E-state index is -4.55. The zero-order valence-electron chi connectivity index (χ0n) is 11.7. The highest BCUT2D eigenvalue weighted by molar-refractivity contribution is 6.33. The van der Waals surface area contributed by atoms with Gasteiger partial charge in [0, 0.05) is 13.1 Å². The fourth-order valence-electron chi connectivity index (χ4n) is 2.04. The van der Waals surface area contributed by atoms with Crippen molar-refractivity contribution in [2.24, 2.45) is 0 Å². The average molecular weight is 326 g/mol. The zero-order chi connectivity index (χ0) is 16.0. The highest BCUT2D eigenvalue weighted by Gasteiger charge is 2.35. The van der Waals surface area contributed by atoms with Crippen molar-refractivity contribution in [1.29, 1.82) is 0 Å². The molecule has 0 heterocycles. The summed E-state index contributed by atoms with van der Waals surface area (Å²) in [5, 5.41) is 1.93. The zero-order valence-corrected chi connectivity index (χ0v) is 12.5. The number of hydrogen-bond donors (Lipinski definition) is 1. The van der Waals surface area contributed by atoms with Crippen LogP contribution in [0, 0.1) is 0 Å². The van der Waals surface area contributed by atoms with E-state index in [0.29, 0.717) is 12.1 Å². The van der Waals surface area contributed by atoms with Crippen LogP contribution >= 0.6 is 11.6 Å². The van der Waals surface area contributed by atoms with E-state index < -0.39 is 11.2 Å². The van der Waals surface area contributed by atoms with Gasteiger partial charge in [0.05, 0.1) is 0 Å². The minimum absolute atomic E-state index is 0.0389. The first-order valence-electron chi connectivity index (χ1n) is 6.74. The van der Waals surface area contributed by atoms with Gasteiger partial charge in [-0.1, -0.05) is 72.3 Å². The predicted octanol–water partition coefficient (Wildman–Crippen LogP) is 4.99. The average Bonchev–Trinajstić information content (AvgIpc) is 2.52. The van der Waals surface area contributed by atoms with Crippen molar-refractivity contribution < 1.29 is 13.2 Å². The molecule has 0 aromatic heterocycles. The highest BCUT2D eigenvalue weighted by atomic mass is 35.5. The molecule has 0 saturated heterocycles. The van der Waals surface area contributed by atoms with Crippen LogP contribution in [0.4, 0.5) is 13.2 Å². The van der Waals surface area contributed by atoms with Gasteiger partial charge in [-0.05, 0) is 16.7 Å². The van der Waals surface area contributed by atoms with Crippen LogP contribution in [0.3, 0.4) is 0 Å². The third kappa shape index (κ3) is 4.61. The fraction of sp³-hybridized carbons (Fsp3) is 0.176. The molecular formula is C17H15ClF3N. The van der Waals surface area contributed by atoms with Gasteiger partial charge in [0.1, 0.15) is 5.03 Å². The molecule has 2 aromatic carbocycles. The largest absolute Gasteiger partial charge is 0.427 e. The molecule has 0 unspecified atom stereocenters. The first-order chi connectivity index (χ1) is 10.5. The summed E-state index contributed by atoms with van der Waals surface area (Å²) >= 11 is 5.55. The maximum Gasteiger partial charge on any atom is 0.427 e. The Morgan fingerprint density at radius 1 is 0.909 bits per heavy atom. The molecule has 116 valence electrons. The van der Waals surface area contributed by atoms with E-state index >= 15 is 0 Å². The molecule has 2 rings (SSSR count). The second-order valence-corrected chi connectivity index (χ2v) is 5.12. The van der Waals surface area contributed by atoms with E-state index in [1.807, 2.05) is 30.3 Å². The van der Waals surface area contributed by atoms with Crippen molar-refractivity contribution >= 4 is 17.2 Å². The third-order valence-corrected chi connectivity index (χ3v) is 3.55. The summed E-state index contributed by atoms with van der Waals surface area (Å²) in [6, 6.07) is 17.8. The Morgan fingerprint density at radius 2 is 1.45 bits per heavy atom. The Balaban J connectivity index is 2.16. The highest BCUT2D eigenvalue weighted by Crippen LogP contribution is 2.34. The molecule has 2 aromatic rings. The molecule has 0 spiro atoms. The number of allylic oxidation sites excluding steroid dienone is 1. The van der Waals surface area contributed by atoms with Crippen LogP contribution in [-0.4, -0.2) is 12.7 Å². The summed E-state index contributed by atoms with van der Waals surface area (Å²) < 4.78 is 38.8. The fourth-order valence-corrected chi connectivity index (χ4v) is 2.22. The maximum atomic E-state index is 12.9. The lowest BCUT2D eigenvalue weighted by Crippen LogP contribution is -2.20. The number of benzene rings is 2. The molecule has 0 atom stereocenters. The Hall–Kier alpha value is -1.78. The van der Waals surface area contributed by atoms with Gasteiger partial charge in [0.2, 0.25) is 0 Å². The van der Waals surface area contributed by atoms with Crippen molar-refractivity contribution in [3.63, 3.8) is 0 Å². The summed E-state index contributed by atoms with van der Waals surface area (Å²) in [6.45, 7) is 0.510. The van der Waals surface area contributed by atoms with Gasteiger partial charge in [0.25, 0.3) is 0 Å². The molecular weight excluding hydrogens is 311 g/mol. The third-order valence-electron chi connectivity index (χ3n) is 3.11. The van der Waals surface area contributed by atoms with Crippen molar-refractivity contribution in [2.75, 3.05) is 6.54 Å². The summed E-state index contributed by atoms with van der Waals surface area (Å²) in [7, 11) is 0. The van der Waals surface area contributed by atoms with Gasteiger partial charge in [-0.25, -0.2) is 0 Å². The van der Waals surface area contributed by atoms with E-state index in [9.17, 15) is 13.2 Å². The van der Waals surface area contributed by atoms with Crippen LogP contribution in [0.1, 0.15) is 11.1 Å². The van der Waals surface area contributed by atoms with E-state index in [0.717, 1.165) is 5.56 Å². The Bertz CT molecular complexity index is 621. The lowest BCUT2D eigenvalue weighted by molar-refractivity contribution is -0.0840. The Labute approximate surface area is 132 Å². The van der Waals surface area contributed by atoms with Gasteiger partial charge in [-0.15, -0.1) is 0 Å². The number of hydrogen-bond acceptors (Lipinski definition) is 1. The van der Waals surface area contributed by atoms with E-state index in [1.165, 1.54) is 0 Å². The molecule has 1 N–H and O–H groups in total. The predicted molar refractivity (Wildman–Crippen MR) is 83.4 cm³/mol. The Morgan fingerprint density at radius 3 is 2.00 bits per heavy atom. The first kappa shape index (κ1) is 16.6. The first-order valence-corrected chi connectivity index (χ1v) is 7.12. The standard InChI is InChI=1S/C17H15ClF3N/c18-16(17(19,20)21)15(14-9-5-2-6-10-14)12-22-11-13-7-3-1-4-8-13/h1-10,22H,11-12H2/b16-15-. The van der Waals surface area contributed by atoms with E-state index in [1.54, 1.807) is 30.3 Å². The molecule has 0 saturated carbocycles. The van der Waals surface area contributed by atoms with E-state index in [-0.39, 0.29) is 12.1 Å². The van der Waals surface area contributed by atoms with Crippen molar-refractivity contribution in [2.45, 2.75) is 12.7 Å². The molecule has 22 heavy (non-hydrogen) atoms. The smallest absolute Gasteiger partial charge is 0.309 e. The van der Waals surface area contributed by atoms with E-state index in [4.69, 9.17) is 11.6 Å². The Kier molecular flexibility index (Phi) is 5.63. The molecule has 5 heteroatoms. The van der Waals surface area contributed by atoms with Gasteiger partial charge in [-0.3, -0.25) is 0 Å². The second kappa shape index (κ2) is 7.47. The van der Waals surface area contributed by atoms with Gasteiger partial charge in [0.15, 0.2) is 0 Å². The van der Waals surface area contributed by atoms with Gasteiger partial charge >= 0.3 is 6.18 Å². The SMILES string of the molecule is FC(F)(F)/C(Cl)=C(\CNCc1ccccc1)c1ccccc1. The van der Waals surface area contributed by atoms with Crippen molar-refractivity contribution in [1.82, 2.24) is 5.32 Å². The molecule has 0 aliphatic heterocycles. The van der Waals surface area contributed by atoms with Crippen LogP contribution in [-0.2, 0) is 6.54 Å². The lowest BCUT2D eigenvalue weighted by Gasteiger charge is -2.14. The summed E-state index contributed by atoms with van der Waals surface area (Å²) in [4.78, 5) is 0. The van der Waals surface area contributed by atoms with Crippen LogP contribution in [0.15, 0.2) is 65.7 Å². The minimum Gasteiger partial charge on any atom is -0.309 e. The molecule has 0 bridgehead atoms. The molecule has 1 nitrogen and oxygen atoms in total. The number of halogens is 4. The van der Waals surface area contributed by atoms with Gasteiger partial charge in [-0.2, -0.15) is 13.2 Å². The van der Waals surface area contributed by atoms with Gasteiger partial charge < -0.3 is 5.32 Å². The summed E-state index contributed by atoms with van der Waals surface area (Å²) in [6.07, 6.45) is -4.55. The van der Waals surface area contributed by atoms with Crippen LogP contribution in [0.2, 0.25) is 0 Å². The molecule has 0 aliphatic carbocycles. The number of nitrogens with one attached hydrogen (secondary N) is 1. The van der Waals surface area contributed by atoms with Crippen LogP contribution in [0.5, 0.6) is 0 Å². The second-order valence-electron chi connectivity index (χ2n) is 4.75. The number of alkyl halides is 3. The summed E-state index contributed by atoms with van der Waals surface area (Å²) in [5.41, 5.74) is 1.51. The topological polar surface area (TPSA) is 12.0 Å². The number of rotatable bonds is 5. The summed E-state index contributed by atoms with van der Waals surface area (Å²) in [5.74, 6) is 0. The molecule has 0 radical (unpaired) electrons. The maximum absolute atomic E-state index is 12.9. The van der Waals surface area contributed by atoms with Crippen molar-refractivity contribution in [3.8, 4) is 0 Å². The monoisotopic (exact) mass is 325 g/mol. The quantitative estimate of drug-likeness (QED) is 0.816. The molecule has 0 aliphatic rings. The van der Waals surface area contributed by atoms with E-state index in [2.05, 4.69) is 5.32 Å². The normalized spacial score (nSPS) is 12.9. The van der Waals surface area contributed by atoms with Crippen LogP contribution in [0.25, 0.3) is 5.57 Å². The van der Waals surface area contributed by atoms with Crippen LogP contribution < -0.4 is 5.32 Å². The molecule has 0 fully saturated rings. The molecule has 0 amide bonds. The van der Waals surface area contributed by atoms with Crippen molar-refractivity contribution in [3.05, 3.63) is 76.8 Å².